The number of carboxylic acids is 1. The fourth-order valence-corrected chi connectivity index (χ4v) is 3.46. The van der Waals surface area contributed by atoms with Crippen LogP contribution in [0.2, 0.25) is 0 Å². The van der Waals surface area contributed by atoms with Crippen molar-refractivity contribution in [1.29, 1.82) is 0 Å². The largest absolute Gasteiger partial charge is 0.477 e. The predicted molar refractivity (Wildman–Crippen MR) is 76.4 cm³/mol. The molecule has 1 aromatic carbocycles. The molecule has 0 aliphatic rings. The van der Waals surface area contributed by atoms with Gasteiger partial charge in [0, 0.05) is 21.2 Å². The number of thiophene rings is 1. The van der Waals surface area contributed by atoms with E-state index in [1.807, 2.05) is 31.2 Å². The standard InChI is InChI=1S/C13H13NO2S2/c1-8-2-3-9(14)6-12(8)17-7-10-4-5-11(18-10)13(15)16/h2-6H,7,14H2,1H3,(H,15,16). The van der Waals surface area contributed by atoms with Crippen LogP contribution in [0.5, 0.6) is 0 Å². The number of thioether (sulfide) groups is 1. The average molecular weight is 279 g/mol. The smallest absolute Gasteiger partial charge is 0.345 e. The van der Waals surface area contributed by atoms with Gasteiger partial charge >= 0.3 is 5.97 Å². The van der Waals surface area contributed by atoms with Crippen molar-refractivity contribution in [3.05, 3.63) is 45.6 Å². The van der Waals surface area contributed by atoms with Crippen molar-refractivity contribution >= 4 is 34.8 Å². The summed E-state index contributed by atoms with van der Waals surface area (Å²) in [4.78, 5) is 13.4. The number of aryl methyl sites for hydroxylation is 1. The van der Waals surface area contributed by atoms with Crippen LogP contribution >= 0.6 is 23.1 Å². The second-order valence-corrected chi connectivity index (χ2v) is 6.07. The lowest BCUT2D eigenvalue weighted by atomic mass is 10.2. The van der Waals surface area contributed by atoms with Gasteiger partial charge in [0.25, 0.3) is 0 Å². The van der Waals surface area contributed by atoms with Crippen LogP contribution in [-0.2, 0) is 5.75 Å². The van der Waals surface area contributed by atoms with Crippen molar-refractivity contribution in [1.82, 2.24) is 0 Å². The van der Waals surface area contributed by atoms with Gasteiger partial charge in [0.1, 0.15) is 4.88 Å². The van der Waals surface area contributed by atoms with Crippen LogP contribution in [0.15, 0.2) is 35.2 Å². The highest BCUT2D eigenvalue weighted by Gasteiger charge is 2.07. The number of nitrogen functional groups attached to an aromatic ring is 1. The summed E-state index contributed by atoms with van der Waals surface area (Å²) >= 11 is 3.00. The predicted octanol–water partition coefficient (Wildman–Crippen LogP) is 3.63. The maximum absolute atomic E-state index is 10.8. The van der Waals surface area contributed by atoms with Gasteiger partial charge in [0.05, 0.1) is 0 Å². The van der Waals surface area contributed by atoms with E-state index in [0.29, 0.717) is 4.88 Å². The summed E-state index contributed by atoms with van der Waals surface area (Å²) in [6.07, 6.45) is 0. The Labute approximate surface area is 114 Å². The molecule has 2 aromatic rings. The van der Waals surface area contributed by atoms with Gasteiger partial charge in [0.2, 0.25) is 0 Å². The van der Waals surface area contributed by atoms with Crippen LogP contribution in [0.25, 0.3) is 0 Å². The molecule has 2 rings (SSSR count). The summed E-state index contributed by atoms with van der Waals surface area (Å²) in [6, 6.07) is 9.34. The minimum atomic E-state index is -0.864. The molecule has 3 N–H and O–H groups in total. The number of benzene rings is 1. The lowest BCUT2D eigenvalue weighted by Gasteiger charge is -2.05. The molecule has 0 spiro atoms. The first-order valence-corrected chi connectivity index (χ1v) is 7.17. The Bertz CT molecular complexity index is 578. The van der Waals surface area contributed by atoms with Gasteiger partial charge in [0.15, 0.2) is 0 Å². The highest BCUT2D eigenvalue weighted by molar-refractivity contribution is 7.98. The maximum atomic E-state index is 10.8. The van der Waals surface area contributed by atoms with E-state index >= 15 is 0 Å². The van der Waals surface area contributed by atoms with Gasteiger partial charge < -0.3 is 10.8 Å². The molecule has 0 unspecified atom stereocenters. The van der Waals surface area contributed by atoms with Crippen LogP contribution < -0.4 is 5.73 Å². The summed E-state index contributed by atoms with van der Waals surface area (Å²) in [7, 11) is 0. The number of carboxylic acid groups (broad SMARTS) is 1. The minimum absolute atomic E-state index is 0.384. The van der Waals surface area contributed by atoms with E-state index < -0.39 is 5.97 Å². The Morgan fingerprint density at radius 2 is 2.17 bits per heavy atom. The molecule has 5 heteroatoms. The molecule has 0 amide bonds. The Morgan fingerprint density at radius 3 is 2.83 bits per heavy atom. The molecule has 0 saturated carbocycles. The Hall–Kier alpha value is -1.46. The Balaban J connectivity index is 2.06. The van der Waals surface area contributed by atoms with Crippen molar-refractivity contribution < 1.29 is 9.90 Å². The lowest BCUT2D eigenvalue weighted by Crippen LogP contribution is -1.89. The molecule has 0 saturated heterocycles. The molecule has 1 heterocycles. The first kappa shape index (κ1) is 13.0. The molecule has 0 aliphatic heterocycles. The zero-order chi connectivity index (χ0) is 13.1. The second-order valence-electron chi connectivity index (χ2n) is 3.88. The zero-order valence-corrected chi connectivity index (χ0v) is 11.5. The van der Waals surface area contributed by atoms with E-state index in [0.717, 1.165) is 21.2 Å². The summed E-state index contributed by atoms with van der Waals surface area (Å²) in [5.74, 6) is -0.0983. The van der Waals surface area contributed by atoms with E-state index in [1.165, 1.54) is 16.9 Å². The topological polar surface area (TPSA) is 63.3 Å². The van der Waals surface area contributed by atoms with E-state index in [4.69, 9.17) is 10.8 Å². The van der Waals surface area contributed by atoms with Crippen molar-refractivity contribution in [3.63, 3.8) is 0 Å². The number of rotatable bonds is 4. The Kier molecular flexibility index (Phi) is 3.93. The van der Waals surface area contributed by atoms with E-state index in [-0.39, 0.29) is 0 Å². The summed E-state index contributed by atoms with van der Waals surface area (Å²) < 4.78 is 0. The number of hydrogen-bond acceptors (Lipinski definition) is 4. The number of anilines is 1. The van der Waals surface area contributed by atoms with Gasteiger partial charge in [-0.15, -0.1) is 23.1 Å². The second kappa shape index (κ2) is 5.46. The number of carbonyl (C=O) groups is 1. The van der Waals surface area contributed by atoms with E-state index in [9.17, 15) is 4.79 Å². The van der Waals surface area contributed by atoms with Crippen LogP contribution in [0.4, 0.5) is 5.69 Å². The molecule has 0 atom stereocenters. The molecular formula is C13H13NO2S2. The normalized spacial score (nSPS) is 10.5. The highest BCUT2D eigenvalue weighted by atomic mass is 32.2. The summed E-state index contributed by atoms with van der Waals surface area (Å²) in [5.41, 5.74) is 7.69. The van der Waals surface area contributed by atoms with Crippen molar-refractivity contribution in [2.24, 2.45) is 0 Å². The zero-order valence-electron chi connectivity index (χ0n) is 9.84. The van der Waals surface area contributed by atoms with Crippen LogP contribution in [0, 0.1) is 6.92 Å². The van der Waals surface area contributed by atoms with Gasteiger partial charge in [-0.2, -0.15) is 0 Å². The van der Waals surface area contributed by atoms with Crippen molar-refractivity contribution in [3.8, 4) is 0 Å². The fraction of sp³-hybridized carbons (Fsp3) is 0.154. The van der Waals surface area contributed by atoms with Crippen molar-refractivity contribution in [2.75, 3.05) is 5.73 Å². The molecule has 0 fully saturated rings. The quantitative estimate of drug-likeness (QED) is 0.662. The van der Waals surface area contributed by atoms with Crippen molar-refractivity contribution in [2.45, 2.75) is 17.6 Å². The van der Waals surface area contributed by atoms with Gasteiger partial charge in [-0.25, -0.2) is 4.79 Å². The number of nitrogens with two attached hydrogens (primary N) is 1. The van der Waals surface area contributed by atoms with Crippen LogP contribution in [-0.4, -0.2) is 11.1 Å². The SMILES string of the molecule is Cc1ccc(N)cc1SCc1ccc(C(=O)O)s1. The molecular weight excluding hydrogens is 266 g/mol. The third-order valence-corrected chi connectivity index (χ3v) is 4.92. The molecule has 1 aromatic heterocycles. The minimum Gasteiger partial charge on any atom is -0.477 e. The third kappa shape index (κ3) is 3.05. The molecule has 0 aliphatic carbocycles. The lowest BCUT2D eigenvalue weighted by molar-refractivity contribution is 0.0702. The Morgan fingerprint density at radius 1 is 1.39 bits per heavy atom. The van der Waals surface area contributed by atoms with E-state index in [1.54, 1.807) is 17.8 Å². The fourth-order valence-electron chi connectivity index (χ4n) is 1.49. The molecule has 3 nitrogen and oxygen atoms in total. The molecule has 0 bridgehead atoms. The first-order chi connectivity index (χ1) is 8.56. The van der Waals surface area contributed by atoms with Gasteiger partial charge in [-0.1, -0.05) is 6.07 Å². The van der Waals surface area contributed by atoms with Crippen LogP contribution in [0.3, 0.4) is 0 Å². The molecule has 0 radical (unpaired) electrons. The molecule has 94 valence electrons. The monoisotopic (exact) mass is 279 g/mol. The summed E-state index contributed by atoms with van der Waals surface area (Å²) in [6.45, 7) is 2.04. The average Bonchev–Trinajstić information content (AvgIpc) is 2.79. The number of hydrogen-bond donors (Lipinski definition) is 2. The number of aromatic carboxylic acids is 1. The maximum Gasteiger partial charge on any atom is 0.345 e. The molecule has 18 heavy (non-hydrogen) atoms. The highest BCUT2D eigenvalue weighted by Crippen LogP contribution is 2.30. The summed E-state index contributed by atoms with van der Waals surface area (Å²) in [5, 5.41) is 8.85. The van der Waals surface area contributed by atoms with E-state index in [2.05, 4.69) is 0 Å². The van der Waals surface area contributed by atoms with Gasteiger partial charge in [-0.05, 0) is 36.8 Å². The third-order valence-electron chi connectivity index (χ3n) is 2.45. The van der Waals surface area contributed by atoms with Gasteiger partial charge in [-0.3, -0.25) is 0 Å². The van der Waals surface area contributed by atoms with Crippen LogP contribution in [0.1, 0.15) is 20.1 Å². The first-order valence-electron chi connectivity index (χ1n) is 5.37.